The highest BCUT2D eigenvalue weighted by Gasteiger charge is 2.30. The van der Waals surface area contributed by atoms with Gasteiger partial charge in [-0.1, -0.05) is 72.2 Å². The predicted molar refractivity (Wildman–Crippen MR) is 178 cm³/mol. The highest BCUT2D eigenvalue weighted by Crippen LogP contribution is 2.41. The van der Waals surface area contributed by atoms with E-state index in [0.717, 1.165) is 64.3 Å². The van der Waals surface area contributed by atoms with Crippen LogP contribution in [0.1, 0.15) is 12.8 Å². The van der Waals surface area contributed by atoms with Crippen molar-refractivity contribution >= 4 is 90.1 Å². The summed E-state index contributed by atoms with van der Waals surface area (Å²) in [5.74, 6) is 0. The Morgan fingerprint density at radius 2 is 1.44 bits per heavy atom. The molecule has 0 saturated heterocycles. The summed E-state index contributed by atoms with van der Waals surface area (Å²) in [6, 6.07) is 34.6. The normalized spacial score (nSPS) is 14.2. The maximum atomic E-state index is 6.56. The summed E-state index contributed by atoms with van der Waals surface area (Å²) in [6.45, 7) is 0. The molecule has 5 heterocycles. The van der Waals surface area contributed by atoms with Gasteiger partial charge in [0.15, 0.2) is 18.4 Å². The third-order valence-electron chi connectivity index (χ3n) is 9.83. The van der Waals surface area contributed by atoms with Gasteiger partial charge < -0.3 is 18.4 Å². The van der Waals surface area contributed by atoms with Gasteiger partial charge in [0.25, 0.3) is 0 Å². The number of furan rings is 2. The van der Waals surface area contributed by atoms with E-state index in [1.54, 1.807) is 0 Å². The van der Waals surface area contributed by atoms with Crippen LogP contribution in [0.15, 0.2) is 106 Å². The fourth-order valence-electron chi connectivity index (χ4n) is 8.08. The minimum Gasteiger partial charge on any atom is -0.454 e. The molecule has 0 atom stereocenters. The first-order valence-corrected chi connectivity index (χ1v) is 15.0. The van der Waals surface area contributed by atoms with Gasteiger partial charge in [0, 0.05) is 38.0 Å². The fourth-order valence-corrected chi connectivity index (χ4v) is 8.08. The molecule has 0 saturated carbocycles. The monoisotopic (exact) mass is 550 g/mol. The second-order valence-corrected chi connectivity index (χ2v) is 12.0. The van der Waals surface area contributed by atoms with Crippen LogP contribution in [0, 0.1) is 0 Å². The number of rotatable bonds is 1. The number of nitrogens with zero attached hydrogens (tertiary/aromatic N) is 1. The van der Waals surface area contributed by atoms with E-state index in [0.29, 0.717) is 0 Å². The number of fused-ring (bicyclic) bond motifs is 13. The van der Waals surface area contributed by atoms with Gasteiger partial charge in [-0.2, -0.15) is 0 Å². The summed E-state index contributed by atoms with van der Waals surface area (Å²) >= 11 is 0. The molecule has 5 aromatic carbocycles. The van der Waals surface area contributed by atoms with E-state index in [9.17, 15) is 0 Å². The van der Waals surface area contributed by atoms with Gasteiger partial charge in [-0.3, -0.25) is 0 Å². The minimum absolute atomic E-state index is 0.913. The third kappa shape index (κ3) is 2.69. The van der Waals surface area contributed by atoms with Crippen molar-refractivity contribution in [1.82, 2.24) is 9.55 Å². The third-order valence-corrected chi connectivity index (χ3v) is 9.83. The highest BCUT2D eigenvalue weighted by molar-refractivity contribution is 6.74. The number of benzene rings is 5. The number of aromatic nitrogens is 2. The highest BCUT2D eigenvalue weighted by atomic mass is 16.3. The zero-order chi connectivity index (χ0) is 27.8. The van der Waals surface area contributed by atoms with Crippen molar-refractivity contribution < 1.29 is 8.83 Å². The van der Waals surface area contributed by atoms with Gasteiger partial charge in [0.2, 0.25) is 0 Å². The van der Waals surface area contributed by atoms with Crippen molar-refractivity contribution in [2.24, 2.45) is 0 Å². The smallest absolute Gasteiger partial charge is 0.193 e. The van der Waals surface area contributed by atoms with Crippen LogP contribution in [0.5, 0.6) is 0 Å². The molecule has 0 unspecified atom stereocenters. The molecule has 1 aliphatic heterocycles. The standard InChI is InChI=1S/C38H23BN2O2/c1-2-10-21-20(9-1)19-28-32(31(21)24-13-7-14-25-33(24)40-34-22-11-3-5-17-29(22)42-37(25)34)39-27-16-8-15-26-35(27)41(28)36-23-12-4-6-18-30(23)43-38(26)36/h1-7,9-15,17-19,39-40H,8,16H2. The van der Waals surface area contributed by atoms with Crippen LogP contribution in [0.3, 0.4) is 0 Å². The van der Waals surface area contributed by atoms with Crippen molar-refractivity contribution in [2.75, 3.05) is 0 Å². The Balaban J connectivity index is 1.31. The van der Waals surface area contributed by atoms with Crippen molar-refractivity contribution in [1.29, 1.82) is 0 Å². The van der Waals surface area contributed by atoms with Crippen LogP contribution >= 0.6 is 0 Å². The Morgan fingerprint density at radius 3 is 2.35 bits per heavy atom. The Bertz CT molecular complexity index is 2820. The number of hydrogen-bond acceptors (Lipinski definition) is 2. The molecule has 0 amide bonds. The van der Waals surface area contributed by atoms with Crippen molar-refractivity contribution in [3.63, 3.8) is 0 Å². The first-order valence-electron chi connectivity index (χ1n) is 15.0. The summed E-state index contributed by atoms with van der Waals surface area (Å²) in [5, 5.41) is 8.51. The number of aromatic amines is 1. The zero-order valence-corrected chi connectivity index (χ0v) is 23.2. The molecule has 9 aromatic rings. The van der Waals surface area contributed by atoms with E-state index in [1.807, 2.05) is 12.1 Å². The molecular formula is C38H23BN2O2. The van der Waals surface area contributed by atoms with E-state index in [4.69, 9.17) is 8.83 Å². The lowest BCUT2D eigenvalue weighted by Gasteiger charge is -2.25. The van der Waals surface area contributed by atoms with Crippen molar-refractivity contribution in [3.05, 3.63) is 108 Å². The van der Waals surface area contributed by atoms with Crippen LogP contribution < -0.4 is 16.0 Å². The van der Waals surface area contributed by atoms with E-state index in [1.165, 1.54) is 60.0 Å². The Kier molecular flexibility index (Phi) is 3.98. The maximum Gasteiger partial charge on any atom is 0.193 e. The quantitative estimate of drug-likeness (QED) is 0.218. The Hall–Kier alpha value is -5.42. The van der Waals surface area contributed by atoms with Gasteiger partial charge in [0.05, 0.1) is 11.0 Å². The van der Waals surface area contributed by atoms with E-state index in [-0.39, 0.29) is 0 Å². The topological polar surface area (TPSA) is 47.0 Å². The molecule has 4 nitrogen and oxygen atoms in total. The van der Waals surface area contributed by atoms with Crippen molar-refractivity contribution in [2.45, 2.75) is 12.8 Å². The minimum atomic E-state index is 0.913. The molecule has 5 heteroatoms. The molecule has 200 valence electrons. The molecule has 2 aliphatic rings. The molecule has 1 aliphatic carbocycles. The first kappa shape index (κ1) is 22.2. The molecule has 1 N–H and O–H groups in total. The number of hydrogen-bond donors (Lipinski definition) is 1. The molecule has 0 bridgehead atoms. The number of nitrogens with one attached hydrogen (secondary N) is 1. The van der Waals surface area contributed by atoms with Crippen LogP contribution in [-0.2, 0) is 0 Å². The molecule has 0 spiro atoms. The van der Waals surface area contributed by atoms with Gasteiger partial charge in [0.1, 0.15) is 16.7 Å². The van der Waals surface area contributed by atoms with Crippen LogP contribution in [0.2, 0.25) is 0 Å². The predicted octanol–water partition coefficient (Wildman–Crippen LogP) is 7.34. The van der Waals surface area contributed by atoms with Crippen molar-refractivity contribution in [3.8, 4) is 16.8 Å². The molecule has 43 heavy (non-hydrogen) atoms. The van der Waals surface area contributed by atoms with E-state index >= 15 is 0 Å². The average molecular weight is 550 g/mol. The largest absolute Gasteiger partial charge is 0.454 e. The van der Waals surface area contributed by atoms with Gasteiger partial charge >= 0.3 is 0 Å². The molecule has 4 aromatic heterocycles. The summed E-state index contributed by atoms with van der Waals surface area (Å²) in [4.78, 5) is 3.82. The fraction of sp³-hybridized carbons (Fsp3) is 0.0526. The SMILES string of the molecule is B1C2=c3c(c4oc5ccccc5c4n3-c3cc4ccccc4c(-c4cccc5c4[nH]c4c6ccccc6oc54)c31)=CCC2. The summed E-state index contributed by atoms with van der Waals surface area (Å²) in [5.41, 5.74) is 13.8. The van der Waals surface area contributed by atoms with Gasteiger partial charge in [-0.25, -0.2) is 0 Å². The maximum absolute atomic E-state index is 6.56. The lowest BCUT2D eigenvalue weighted by molar-refractivity contribution is 0.666. The Morgan fingerprint density at radius 1 is 0.698 bits per heavy atom. The molecular weight excluding hydrogens is 527 g/mol. The van der Waals surface area contributed by atoms with Crippen LogP contribution in [0.4, 0.5) is 0 Å². The first-order chi connectivity index (χ1) is 21.3. The van der Waals surface area contributed by atoms with Gasteiger partial charge in [-0.15, -0.1) is 0 Å². The second kappa shape index (κ2) is 7.70. The second-order valence-electron chi connectivity index (χ2n) is 12.0. The van der Waals surface area contributed by atoms with E-state index < -0.39 is 0 Å². The number of H-pyrrole nitrogens is 1. The molecule has 11 rings (SSSR count). The summed E-state index contributed by atoms with van der Waals surface area (Å²) in [7, 11) is 0.928. The zero-order valence-electron chi connectivity index (χ0n) is 23.2. The summed E-state index contributed by atoms with van der Waals surface area (Å²) < 4.78 is 15.5. The molecule has 0 fully saturated rings. The van der Waals surface area contributed by atoms with Crippen LogP contribution in [-0.4, -0.2) is 16.8 Å². The average Bonchev–Trinajstić information content (AvgIpc) is 3.79. The van der Waals surface area contributed by atoms with Crippen LogP contribution in [0.25, 0.3) is 94.2 Å². The summed E-state index contributed by atoms with van der Waals surface area (Å²) in [6.07, 6.45) is 4.48. The molecule has 0 radical (unpaired) electrons. The Labute approximate surface area is 245 Å². The number of para-hydroxylation sites is 3. The van der Waals surface area contributed by atoms with E-state index in [2.05, 4.69) is 101 Å². The lowest BCUT2D eigenvalue weighted by atomic mass is 9.57. The van der Waals surface area contributed by atoms with Gasteiger partial charge in [-0.05, 0) is 71.0 Å². The lowest BCUT2D eigenvalue weighted by Crippen LogP contribution is -2.43.